The van der Waals surface area contributed by atoms with Crippen molar-refractivity contribution in [3.8, 4) is 5.75 Å². The summed E-state index contributed by atoms with van der Waals surface area (Å²) in [6, 6.07) is 11.4. The Morgan fingerprint density at radius 3 is 2.32 bits per heavy atom. The predicted octanol–water partition coefficient (Wildman–Crippen LogP) is 3.31. The molecule has 7 nitrogen and oxygen atoms in total. The smallest absolute Gasteiger partial charge is 0.260 e. The molecule has 0 saturated carbocycles. The summed E-state index contributed by atoms with van der Waals surface area (Å²) < 4.78 is 30.2. The van der Waals surface area contributed by atoms with E-state index in [-0.39, 0.29) is 15.7 Å². The molecule has 150 valence electrons. The van der Waals surface area contributed by atoms with Crippen molar-refractivity contribution in [1.82, 2.24) is 5.43 Å². The maximum absolute atomic E-state index is 12.3. The molecule has 2 aromatic rings. The summed E-state index contributed by atoms with van der Waals surface area (Å²) in [5, 5.41) is 4.48. The van der Waals surface area contributed by atoms with Crippen LogP contribution in [0, 0.1) is 0 Å². The highest BCUT2D eigenvalue weighted by atomic mass is 35.5. The van der Waals surface area contributed by atoms with Gasteiger partial charge in [-0.3, -0.25) is 9.10 Å². The van der Waals surface area contributed by atoms with Gasteiger partial charge in [0.1, 0.15) is 12.3 Å². The van der Waals surface area contributed by atoms with Gasteiger partial charge in [0.25, 0.3) is 5.91 Å². The van der Waals surface area contributed by atoms with E-state index in [9.17, 15) is 13.2 Å². The molecule has 0 radical (unpaired) electrons. The summed E-state index contributed by atoms with van der Waals surface area (Å²) >= 11 is 11.8. The second-order valence-corrected chi connectivity index (χ2v) is 8.55. The fraction of sp³-hybridized carbons (Fsp3) is 0.222. The third-order valence-electron chi connectivity index (χ3n) is 3.73. The van der Waals surface area contributed by atoms with E-state index < -0.39 is 22.5 Å². The fourth-order valence-electron chi connectivity index (χ4n) is 2.25. The number of anilines is 1. The zero-order valence-electron chi connectivity index (χ0n) is 15.4. The quantitative estimate of drug-likeness (QED) is 0.524. The molecule has 0 aliphatic rings. The molecule has 0 aliphatic heterocycles. The number of ether oxygens (including phenoxy) is 1. The van der Waals surface area contributed by atoms with Gasteiger partial charge in [0.15, 0.2) is 0 Å². The van der Waals surface area contributed by atoms with E-state index in [2.05, 4.69) is 10.5 Å². The highest BCUT2D eigenvalue weighted by molar-refractivity contribution is 7.92. The number of methoxy groups -OCH3 is 1. The van der Waals surface area contributed by atoms with Crippen LogP contribution < -0.4 is 14.5 Å². The van der Waals surface area contributed by atoms with Gasteiger partial charge >= 0.3 is 0 Å². The number of halogens is 2. The normalized spacial score (nSPS) is 11.8. The third kappa shape index (κ3) is 5.85. The van der Waals surface area contributed by atoms with Gasteiger partial charge in [0.2, 0.25) is 10.0 Å². The zero-order valence-corrected chi connectivity index (χ0v) is 17.8. The summed E-state index contributed by atoms with van der Waals surface area (Å²) in [7, 11) is -2.17. The van der Waals surface area contributed by atoms with Gasteiger partial charge in [0, 0.05) is 0 Å². The van der Waals surface area contributed by atoms with Crippen LogP contribution in [0.3, 0.4) is 0 Å². The number of hydrogen-bond acceptors (Lipinski definition) is 5. The maximum Gasteiger partial charge on any atom is 0.260 e. The van der Waals surface area contributed by atoms with E-state index in [0.717, 1.165) is 16.1 Å². The molecule has 10 heteroatoms. The number of amides is 1. The molecule has 2 rings (SSSR count). The molecule has 0 bridgehead atoms. The molecule has 0 unspecified atom stereocenters. The van der Waals surface area contributed by atoms with Gasteiger partial charge in [-0.25, -0.2) is 13.8 Å². The van der Waals surface area contributed by atoms with Gasteiger partial charge < -0.3 is 4.74 Å². The number of nitrogens with one attached hydrogen (secondary N) is 1. The number of hydrazone groups is 1. The number of carbonyl (C=O) groups excluding carboxylic acids is 1. The van der Waals surface area contributed by atoms with E-state index in [1.165, 1.54) is 18.2 Å². The summed E-state index contributed by atoms with van der Waals surface area (Å²) in [4.78, 5) is 12.3. The van der Waals surface area contributed by atoms with Crippen molar-refractivity contribution in [3.05, 3.63) is 58.1 Å². The first kappa shape index (κ1) is 22.0. The van der Waals surface area contributed by atoms with Crippen LogP contribution in [0.25, 0.3) is 0 Å². The molecule has 0 aromatic heterocycles. The standard InChI is InChI=1S/C18H19Cl2N3O4S/c1-12(13-4-7-15(27-2)8-5-13)21-22-18(24)11-23(28(3,25)26)14-6-9-16(19)17(20)10-14/h4-10H,11H2,1-3H3,(H,22,24)/b21-12-. The van der Waals surface area contributed by atoms with Crippen molar-refractivity contribution in [2.45, 2.75) is 6.92 Å². The van der Waals surface area contributed by atoms with E-state index in [1.807, 2.05) is 0 Å². The lowest BCUT2D eigenvalue weighted by atomic mass is 10.1. The number of rotatable bonds is 7. The summed E-state index contributed by atoms with van der Waals surface area (Å²) in [6.07, 6.45) is 0.995. The van der Waals surface area contributed by atoms with Crippen molar-refractivity contribution in [3.63, 3.8) is 0 Å². The average molecular weight is 444 g/mol. The lowest BCUT2D eigenvalue weighted by Crippen LogP contribution is -2.39. The monoisotopic (exact) mass is 443 g/mol. The van der Waals surface area contributed by atoms with E-state index >= 15 is 0 Å². The second kappa shape index (κ2) is 9.27. The lowest BCUT2D eigenvalue weighted by molar-refractivity contribution is -0.119. The summed E-state index contributed by atoms with van der Waals surface area (Å²) in [5.74, 6) is 0.0929. The Morgan fingerprint density at radius 1 is 1.14 bits per heavy atom. The minimum Gasteiger partial charge on any atom is -0.497 e. The number of nitrogens with zero attached hydrogens (tertiary/aromatic N) is 2. The minimum absolute atomic E-state index is 0.182. The number of sulfonamides is 1. The van der Waals surface area contributed by atoms with Crippen LogP contribution in [-0.2, 0) is 14.8 Å². The molecule has 0 aliphatic carbocycles. The van der Waals surface area contributed by atoms with Gasteiger partial charge in [-0.2, -0.15) is 5.10 Å². The number of hydrogen-bond donors (Lipinski definition) is 1. The van der Waals surface area contributed by atoms with Crippen LogP contribution in [0.1, 0.15) is 12.5 Å². The van der Waals surface area contributed by atoms with E-state index in [1.54, 1.807) is 38.3 Å². The molecular weight excluding hydrogens is 425 g/mol. The Bertz CT molecular complexity index is 992. The minimum atomic E-state index is -3.73. The first-order valence-electron chi connectivity index (χ1n) is 8.02. The summed E-state index contributed by atoms with van der Waals surface area (Å²) in [5.41, 5.74) is 3.92. The molecule has 1 N–H and O–H groups in total. The third-order valence-corrected chi connectivity index (χ3v) is 5.61. The SMILES string of the molecule is COc1ccc(/C(C)=N\NC(=O)CN(c2ccc(Cl)c(Cl)c2)S(C)(=O)=O)cc1. The molecule has 28 heavy (non-hydrogen) atoms. The fourth-order valence-corrected chi connectivity index (χ4v) is 3.39. The molecule has 0 heterocycles. The average Bonchev–Trinajstić information content (AvgIpc) is 2.65. The highest BCUT2D eigenvalue weighted by Gasteiger charge is 2.21. The van der Waals surface area contributed by atoms with Crippen LogP contribution in [0.2, 0.25) is 10.0 Å². The van der Waals surface area contributed by atoms with Gasteiger partial charge in [-0.15, -0.1) is 0 Å². The second-order valence-electron chi connectivity index (χ2n) is 5.83. The van der Waals surface area contributed by atoms with Gasteiger partial charge in [0.05, 0.1) is 34.8 Å². The Hall–Kier alpha value is -2.29. The zero-order chi connectivity index (χ0) is 20.9. The van der Waals surface area contributed by atoms with E-state index in [0.29, 0.717) is 11.5 Å². The Kier molecular flexibility index (Phi) is 7.29. The first-order valence-corrected chi connectivity index (χ1v) is 10.6. The van der Waals surface area contributed by atoms with Gasteiger partial charge in [-0.1, -0.05) is 23.2 Å². The first-order chi connectivity index (χ1) is 13.1. The van der Waals surface area contributed by atoms with Crippen LogP contribution in [0.5, 0.6) is 5.75 Å². The molecule has 0 saturated heterocycles. The largest absolute Gasteiger partial charge is 0.497 e. The lowest BCUT2D eigenvalue weighted by Gasteiger charge is -2.21. The molecule has 0 atom stereocenters. The Labute approximate surface area is 173 Å². The van der Waals surface area contributed by atoms with Crippen molar-refractivity contribution < 1.29 is 17.9 Å². The molecule has 0 spiro atoms. The van der Waals surface area contributed by atoms with Gasteiger partial charge in [-0.05, 0) is 55.0 Å². The van der Waals surface area contributed by atoms with Crippen molar-refractivity contribution >= 4 is 50.5 Å². The number of benzene rings is 2. The number of carbonyl (C=O) groups is 1. The van der Waals surface area contributed by atoms with Crippen molar-refractivity contribution in [1.29, 1.82) is 0 Å². The molecular formula is C18H19Cl2N3O4S. The van der Waals surface area contributed by atoms with Crippen LogP contribution >= 0.6 is 23.2 Å². The predicted molar refractivity (Wildman–Crippen MR) is 112 cm³/mol. The molecule has 1 amide bonds. The Balaban J connectivity index is 2.14. The van der Waals surface area contributed by atoms with Crippen LogP contribution in [0.4, 0.5) is 5.69 Å². The highest BCUT2D eigenvalue weighted by Crippen LogP contribution is 2.28. The Morgan fingerprint density at radius 2 is 1.79 bits per heavy atom. The summed E-state index contributed by atoms with van der Waals surface area (Å²) in [6.45, 7) is 1.26. The molecule has 2 aromatic carbocycles. The van der Waals surface area contributed by atoms with Crippen molar-refractivity contribution in [2.75, 3.05) is 24.2 Å². The van der Waals surface area contributed by atoms with Crippen LogP contribution in [0.15, 0.2) is 47.6 Å². The molecule has 0 fully saturated rings. The maximum atomic E-state index is 12.3. The van der Waals surface area contributed by atoms with E-state index in [4.69, 9.17) is 27.9 Å². The topological polar surface area (TPSA) is 88.1 Å². The van der Waals surface area contributed by atoms with Crippen molar-refractivity contribution in [2.24, 2.45) is 5.10 Å². The van der Waals surface area contributed by atoms with Crippen LogP contribution in [-0.4, -0.2) is 39.9 Å².